The SMILES string of the molecule is CC(C)[Si](c1cc2c3ccc4c(ccc5c4ccc4c5cc([Si](C(C)C)(C(C)C)C(C)C)n4C)c3ccc2n1C)(C(C)C)C(C)C. The fourth-order valence-electron chi connectivity index (χ4n) is 11.3. The van der Waals surface area contributed by atoms with E-state index in [2.05, 4.69) is 167 Å². The predicted molar refractivity (Wildman–Crippen MR) is 213 cm³/mol. The van der Waals surface area contributed by atoms with Crippen molar-refractivity contribution in [1.29, 1.82) is 0 Å². The number of aromatic nitrogens is 2. The van der Waals surface area contributed by atoms with Crippen LogP contribution in [0.2, 0.25) is 33.2 Å². The quantitative estimate of drug-likeness (QED) is 0.115. The van der Waals surface area contributed by atoms with Crippen molar-refractivity contribution in [1.82, 2.24) is 9.13 Å². The van der Waals surface area contributed by atoms with Crippen LogP contribution in [0.5, 0.6) is 0 Å². The summed E-state index contributed by atoms with van der Waals surface area (Å²) in [6.07, 6.45) is 0. The van der Waals surface area contributed by atoms with Crippen LogP contribution >= 0.6 is 0 Å². The second kappa shape index (κ2) is 11.4. The first-order valence-corrected chi connectivity index (χ1v) is 22.5. The Morgan fingerprint density at radius 2 is 0.565 bits per heavy atom. The molecule has 6 aromatic rings. The van der Waals surface area contributed by atoms with E-state index in [0.29, 0.717) is 33.2 Å². The summed E-state index contributed by atoms with van der Waals surface area (Å²) in [4.78, 5) is 0. The largest absolute Gasteiger partial charge is 0.352 e. The van der Waals surface area contributed by atoms with Crippen molar-refractivity contribution in [2.45, 2.75) is 116 Å². The van der Waals surface area contributed by atoms with E-state index in [-0.39, 0.29) is 0 Å². The molecular formula is C42H58N2Si2. The highest BCUT2D eigenvalue weighted by Crippen LogP contribution is 2.45. The Kier molecular flexibility index (Phi) is 8.20. The van der Waals surface area contributed by atoms with E-state index in [1.165, 1.54) is 54.1 Å². The molecule has 0 aliphatic heterocycles. The molecular weight excluding hydrogens is 589 g/mol. The molecule has 0 bridgehead atoms. The molecule has 244 valence electrons. The summed E-state index contributed by atoms with van der Waals surface area (Å²) in [5.41, 5.74) is 6.81. The molecule has 0 amide bonds. The molecule has 0 spiro atoms. The second-order valence-corrected chi connectivity index (χ2v) is 28.1. The molecule has 0 unspecified atom stereocenters. The van der Waals surface area contributed by atoms with Crippen molar-refractivity contribution in [2.75, 3.05) is 0 Å². The van der Waals surface area contributed by atoms with E-state index in [0.717, 1.165) is 0 Å². The van der Waals surface area contributed by atoms with Gasteiger partial charge in [-0.25, -0.2) is 0 Å². The number of hydrogen-bond acceptors (Lipinski definition) is 0. The second-order valence-electron chi connectivity index (χ2n) is 16.4. The Morgan fingerprint density at radius 3 is 0.804 bits per heavy atom. The molecule has 4 aromatic carbocycles. The number of aryl methyl sites for hydroxylation is 2. The van der Waals surface area contributed by atoms with Gasteiger partial charge in [-0.1, -0.05) is 119 Å². The first-order valence-electron chi connectivity index (χ1n) is 18.0. The minimum absolute atomic E-state index is 0.679. The summed E-state index contributed by atoms with van der Waals surface area (Å²) in [6, 6.07) is 24.4. The normalized spacial score (nSPS) is 13.7. The molecule has 0 aliphatic carbocycles. The van der Waals surface area contributed by atoms with Crippen molar-refractivity contribution in [3.63, 3.8) is 0 Å². The van der Waals surface area contributed by atoms with Gasteiger partial charge in [-0.2, -0.15) is 0 Å². The van der Waals surface area contributed by atoms with Crippen molar-refractivity contribution in [2.24, 2.45) is 14.1 Å². The molecule has 0 saturated heterocycles. The summed E-state index contributed by atoms with van der Waals surface area (Å²) in [5.74, 6) is 0. The van der Waals surface area contributed by atoms with E-state index >= 15 is 0 Å². The van der Waals surface area contributed by atoms with Crippen molar-refractivity contribution in [3.05, 3.63) is 60.7 Å². The number of nitrogens with zero attached hydrogens (tertiary/aromatic N) is 2. The molecule has 0 atom stereocenters. The maximum Gasteiger partial charge on any atom is 0.115 e. The number of rotatable bonds is 8. The highest BCUT2D eigenvalue weighted by molar-refractivity contribution is 6.95. The van der Waals surface area contributed by atoms with Crippen LogP contribution in [0.1, 0.15) is 83.1 Å². The van der Waals surface area contributed by atoms with Gasteiger partial charge in [0.25, 0.3) is 0 Å². The molecule has 2 aromatic heterocycles. The van der Waals surface area contributed by atoms with Gasteiger partial charge in [0.05, 0.1) is 0 Å². The molecule has 0 N–H and O–H groups in total. The maximum absolute atomic E-state index is 2.60. The van der Waals surface area contributed by atoms with Crippen LogP contribution in [-0.4, -0.2) is 25.3 Å². The van der Waals surface area contributed by atoms with Gasteiger partial charge in [0, 0.05) is 46.5 Å². The van der Waals surface area contributed by atoms with E-state index in [4.69, 9.17) is 0 Å². The molecule has 0 aliphatic rings. The van der Waals surface area contributed by atoms with Crippen LogP contribution < -0.4 is 10.6 Å². The fraction of sp³-hybridized carbons (Fsp3) is 0.476. The molecule has 0 fully saturated rings. The lowest BCUT2D eigenvalue weighted by molar-refractivity contribution is 0.819. The summed E-state index contributed by atoms with van der Waals surface area (Å²) in [6.45, 7) is 29.7. The van der Waals surface area contributed by atoms with Gasteiger partial charge >= 0.3 is 0 Å². The van der Waals surface area contributed by atoms with Crippen LogP contribution in [0.4, 0.5) is 0 Å². The summed E-state index contributed by atoms with van der Waals surface area (Å²) >= 11 is 0. The van der Waals surface area contributed by atoms with Gasteiger partial charge in [-0.15, -0.1) is 0 Å². The first-order chi connectivity index (χ1) is 21.6. The molecule has 6 rings (SSSR count). The zero-order chi connectivity index (χ0) is 33.6. The monoisotopic (exact) mass is 646 g/mol. The Hall–Kier alpha value is -2.83. The lowest BCUT2D eigenvalue weighted by Gasteiger charge is -2.43. The highest BCUT2D eigenvalue weighted by Gasteiger charge is 2.47. The smallest absolute Gasteiger partial charge is 0.115 e. The van der Waals surface area contributed by atoms with Gasteiger partial charge in [0.1, 0.15) is 16.1 Å². The third kappa shape index (κ3) is 4.24. The Morgan fingerprint density at radius 1 is 0.348 bits per heavy atom. The Labute approximate surface area is 280 Å². The van der Waals surface area contributed by atoms with Crippen LogP contribution in [0.25, 0.3) is 54.1 Å². The predicted octanol–water partition coefficient (Wildman–Crippen LogP) is 11.9. The molecule has 2 heterocycles. The van der Waals surface area contributed by atoms with Gasteiger partial charge in [-0.05, 0) is 89.8 Å². The van der Waals surface area contributed by atoms with Crippen LogP contribution in [-0.2, 0) is 14.1 Å². The van der Waals surface area contributed by atoms with Crippen LogP contribution in [0.15, 0.2) is 60.7 Å². The molecule has 46 heavy (non-hydrogen) atoms. The average molecular weight is 647 g/mol. The zero-order valence-electron chi connectivity index (χ0n) is 31.1. The van der Waals surface area contributed by atoms with E-state index in [1.807, 2.05) is 0 Å². The van der Waals surface area contributed by atoms with E-state index in [1.54, 1.807) is 10.6 Å². The van der Waals surface area contributed by atoms with Crippen molar-refractivity contribution in [3.8, 4) is 0 Å². The Balaban J connectivity index is 1.62. The first kappa shape index (κ1) is 33.1. The lowest BCUT2D eigenvalue weighted by atomic mass is 9.94. The number of hydrogen-bond donors (Lipinski definition) is 0. The summed E-state index contributed by atoms with van der Waals surface area (Å²) in [5, 5.41) is 14.3. The van der Waals surface area contributed by atoms with Crippen molar-refractivity contribution >= 4 is 80.9 Å². The Bertz CT molecular complexity index is 1910. The standard InChI is InChI=1S/C42H58N2Si2/c1-25(2)45(26(3)4,27(5)6)41-23-37-35-17-15-32-31(33(35)19-21-39(37)43(41)13)16-18-36-34(32)20-22-40-38(36)24-42(44(40)14)46(28(7)8,29(9)10)30(11)12/h15-30H,1-14H3. The summed E-state index contributed by atoms with van der Waals surface area (Å²) in [7, 11) is 1.02. The molecule has 4 heteroatoms. The third-order valence-corrected chi connectivity index (χ3v) is 27.1. The van der Waals surface area contributed by atoms with Crippen LogP contribution in [0, 0.1) is 0 Å². The third-order valence-electron chi connectivity index (χ3n) is 12.9. The average Bonchev–Trinajstić information content (AvgIpc) is 3.49. The van der Waals surface area contributed by atoms with Gasteiger partial charge in [0.15, 0.2) is 0 Å². The van der Waals surface area contributed by atoms with E-state index < -0.39 is 16.1 Å². The number of benzene rings is 4. The van der Waals surface area contributed by atoms with Gasteiger partial charge in [-0.3, -0.25) is 0 Å². The lowest BCUT2D eigenvalue weighted by Crippen LogP contribution is -2.57. The molecule has 0 radical (unpaired) electrons. The topological polar surface area (TPSA) is 9.86 Å². The molecule has 2 nitrogen and oxygen atoms in total. The zero-order valence-corrected chi connectivity index (χ0v) is 33.1. The summed E-state index contributed by atoms with van der Waals surface area (Å²) < 4.78 is 5.12. The fourth-order valence-corrected chi connectivity index (χ4v) is 25.0. The minimum Gasteiger partial charge on any atom is -0.352 e. The van der Waals surface area contributed by atoms with Crippen molar-refractivity contribution < 1.29 is 0 Å². The van der Waals surface area contributed by atoms with Gasteiger partial charge in [0.2, 0.25) is 0 Å². The van der Waals surface area contributed by atoms with E-state index in [9.17, 15) is 0 Å². The maximum atomic E-state index is 2.60. The van der Waals surface area contributed by atoms with Gasteiger partial charge < -0.3 is 9.13 Å². The van der Waals surface area contributed by atoms with Crippen LogP contribution in [0.3, 0.4) is 0 Å². The molecule has 0 saturated carbocycles. The number of fused-ring (bicyclic) bond motifs is 9. The minimum atomic E-state index is -1.81. The highest BCUT2D eigenvalue weighted by atomic mass is 28.3.